The first-order valence-electron chi connectivity index (χ1n) is 12.9. The number of nitrogens with one attached hydrogen (secondary N) is 2. The number of sulfonamides is 1. The van der Waals surface area contributed by atoms with Crippen molar-refractivity contribution in [3.05, 3.63) is 65.9 Å². The second kappa shape index (κ2) is 11.8. The van der Waals surface area contributed by atoms with Crippen molar-refractivity contribution in [2.75, 3.05) is 13.1 Å². The lowest BCUT2D eigenvalue weighted by Gasteiger charge is -2.38. The number of para-hydroxylation sites is 1. The predicted molar refractivity (Wildman–Crippen MR) is 147 cm³/mol. The second-order valence-corrected chi connectivity index (χ2v) is 12.4. The second-order valence-electron chi connectivity index (χ2n) is 10.7. The van der Waals surface area contributed by atoms with Gasteiger partial charge in [0, 0.05) is 29.7 Å². The van der Waals surface area contributed by atoms with Gasteiger partial charge in [0.15, 0.2) is 0 Å². The van der Waals surface area contributed by atoms with Gasteiger partial charge in [0.1, 0.15) is 18.0 Å². The topological polar surface area (TPSA) is 147 Å². The zero-order chi connectivity index (χ0) is 29.1. The molecule has 11 nitrogen and oxygen atoms in total. The number of benzene rings is 2. The van der Waals surface area contributed by atoms with E-state index in [1.165, 1.54) is 17.0 Å². The summed E-state index contributed by atoms with van der Waals surface area (Å²) in [7, 11) is -4.09. The molecule has 0 spiro atoms. The van der Waals surface area contributed by atoms with Crippen LogP contribution in [-0.4, -0.2) is 60.2 Å². The number of rotatable bonds is 7. The normalized spacial score (nSPS) is 17.9. The van der Waals surface area contributed by atoms with E-state index in [2.05, 4.69) is 9.71 Å². The first kappa shape index (κ1) is 29.2. The van der Waals surface area contributed by atoms with Crippen LogP contribution in [0, 0.1) is 12.8 Å². The first-order valence-corrected chi connectivity index (χ1v) is 14.4. The summed E-state index contributed by atoms with van der Waals surface area (Å²) in [5.41, 5.74) is 3.55. The van der Waals surface area contributed by atoms with Crippen LogP contribution < -0.4 is 14.9 Å². The van der Waals surface area contributed by atoms with E-state index in [0.717, 1.165) is 22.2 Å². The average Bonchev–Trinajstić information content (AvgIpc) is 2.90. The molecule has 214 valence electrons. The maximum Gasteiger partial charge on any atom is 0.410 e. The smallest absolute Gasteiger partial charge is 0.410 e. The fraction of sp³-hybridized carbons (Fsp3) is 0.393. The summed E-state index contributed by atoms with van der Waals surface area (Å²) in [5, 5.41) is 10.2. The number of nitrogens with zero attached hydrogens (tertiary/aromatic N) is 2. The zero-order valence-electron chi connectivity index (χ0n) is 22.9. The molecule has 0 bridgehead atoms. The van der Waals surface area contributed by atoms with E-state index in [9.17, 15) is 23.2 Å². The fourth-order valence-corrected chi connectivity index (χ4v) is 5.89. The van der Waals surface area contributed by atoms with Crippen molar-refractivity contribution in [2.24, 2.45) is 5.92 Å². The number of carbonyl (C=O) groups excluding carboxylic acids is 2. The van der Waals surface area contributed by atoms with Crippen LogP contribution >= 0.6 is 0 Å². The molecule has 3 aromatic rings. The lowest BCUT2D eigenvalue weighted by atomic mass is 9.92. The van der Waals surface area contributed by atoms with Crippen molar-refractivity contribution in [3.63, 3.8) is 0 Å². The molecule has 12 heteroatoms. The Morgan fingerprint density at radius 3 is 2.50 bits per heavy atom. The summed E-state index contributed by atoms with van der Waals surface area (Å²) in [6.45, 7) is 7.43. The Morgan fingerprint density at radius 2 is 1.82 bits per heavy atom. The number of pyridine rings is 1. The zero-order valence-corrected chi connectivity index (χ0v) is 23.7. The van der Waals surface area contributed by atoms with Gasteiger partial charge in [0.05, 0.1) is 22.4 Å². The van der Waals surface area contributed by atoms with Crippen LogP contribution in [-0.2, 0) is 26.2 Å². The summed E-state index contributed by atoms with van der Waals surface area (Å²) in [6.07, 6.45) is -0.479. The number of ether oxygens (including phenoxy) is 2. The standard InChI is InChI=1S/C28H34N4O7S/c1-18-15-19(22-7-5-6-8-24(22)29-18)17-38-20-9-11-21(12-10-20)40(36,37)31-25-16-32(27(34)39-28(2,3)4)14-13-23(25)26(33)30-35/h5-12,15,23,25,31,35H,13-14,16-17H2,1-4H3,(H,30,33)/t23-,25-/m1/s1. The lowest BCUT2D eigenvalue weighted by molar-refractivity contribution is -0.135. The molecule has 2 heterocycles. The highest BCUT2D eigenvalue weighted by atomic mass is 32.2. The lowest BCUT2D eigenvalue weighted by Crippen LogP contribution is -2.57. The molecule has 0 unspecified atom stereocenters. The van der Waals surface area contributed by atoms with Gasteiger partial charge in [-0.3, -0.25) is 15.0 Å². The maximum absolute atomic E-state index is 13.2. The fourth-order valence-electron chi connectivity index (χ4n) is 4.62. The number of piperidine rings is 1. The van der Waals surface area contributed by atoms with Gasteiger partial charge in [-0.1, -0.05) is 18.2 Å². The van der Waals surface area contributed by atoms with E-state index in [-0.39, 0.29) is 31.0 Å². The number of carbonyl (C=O) groups is 2. The van der Waals surface area contributed by atoms with Crippen LogP contribution in [0.1, 0.15) is 38.4 Å². The number of hydrogen-bond donors (Lipinski definition) is 3. The van der Waals surface area contributed by atoms with Gasteiger partial charge < -0.3 is 14.4 Å². The minimum Gasteiger partial charge on any atom is -0.489 e. The molecule has 3 N–H and O–H groups in total. The molecule has 2 atom stereocenters. The number of aromatic nitrogens is 1. The van der Waals surface area contributed by atoms with Crippen LogP contribution in [0.4, 0.5) is 4.79 Å². The summed E-state index contributed by atoms with van der Waals surface area (Å²) in [4.78, 5) is 30.7. The Bertz CT molecular complexity index is 1490. The Labute approximate surface area is 233 Å². The van der Waals surface area contributed by atoms with Crippen LogP contribution in [0.15, 0.2) is 59.5 Å². The maximum atomic E-state index is 13.2. The highest BCUT2D eigenvalue weighted by molar-refractivity contribution is 7.89. The van der Waals surface area contributed by atoms with Crippen molar-refractivity contribution < 1.29 is 32.7 Å². The molecular weight excluding hydrogens is 536 g/mol. The van der Waals surface area contributed by atoms with E-state index in [1.807, 2.05) is 37.3 Å². The molecule has 2 amide bonds. The van der Waals surface area contributed by atoms with Gasteiger partial charge in [-0.2, -0.15) is 0 Å². The molecule has 1 aromatic heterocycles. The van der Waals surface area contributed by atoms with Crippen molar-refractivity contribution in [1.29, 1.82) is 0 Å². The SMILES string of the molecule is Cc1cc(COc2ccc(S(=O)(=O)N[C@@H]3CN(C(=O)OC(C)(C)C)CC[C@H]3C(=O)NO)cc2)c2ccccc2n1. The highest BCUT2D eigenvalue weighted by Gasteiger charge is 2.39. The number of fused-ring (bicyclic) bond motifs is 1. The Morgan fingerprint density at radius 1 is 1.12 bits per heavy atom. The summed E-state index contributed by atoms with van der Waals surface area (Å²) in [5.74, 6) is -1.15. The molecule has 40 heavy (non-hydrogen) atoms. The van der Waals surface area contributed by atoms with Crippen molar-refractivity contribution in [1.82, 2.24) is 20.1 Å². The van der Waals surface area contributed by atoms with Crippen LogP contribution in [0.2, 0.25) is 0 Å². The molecule has 1 saturated heterocycles. The third-order valence-electron chi connectivity index (χ3n) is 6.48. The monoisotopic (exact) mass is 570 g/mol. The van der Waals surface area contributed by atoms with E-state index < -0.39 is 39.6 Å². The minimum absolute atomic E-state index is 0.0393. The average molecular weight is 571 g/mol. The van der Waals surface area contributed by atoms with Gasteiger partial charge in [0.25, 0.3) is 0 Å². The summed E-state index contributed by atoms with van der Waals surface area (Å²) >= 11 is 0. The molecule has 0 radical (unpaired) electrons. The summed E-state index contributed by atoms with van der Waals surface area (Å²) in [6, 6.07) is 14.6. The molecule has 1 fully saturated rings. The van der Waals surface area contributed by atoms with E-state index >= 15 is 0 Å². The third-order valence-corrected chi connectivity index (χ3v) is 7.98. The van der Waals surface area contributed by atoms with Crippen molar-refractivity contribution >= 4 is 32.9 Å². The number of hydrogen-bond acceptors (Lipinski definition) is 8. The Balaban J connectivity index is 1.47. The van der Waals surface area contributed by atoms with Crippen molar-refractivity contribution in [3.8, 4) is 5.75 Å². The van der Waals surface area contributed by atoms with Gasteiger partial charge in [-0.05, 0) is 70.5 Å². The number of amides is 2. The Hall–Kier alpha value is -3.74. The molecule has 4 rings (SSSR count). The summed E-state index contributed by atoms with van der Waals surface area (Å²) < 4.78 is 40.4. The number of likely N-dealkylation sites (tertiary alicyclic amines) is 1. The third kappa shape index (κ3) is 7.06. The molecule has 0 aliphatic carbocycles. The minimum atomic E-state index is -4.09. The number of aryl methyl sites for hydroxylation is 1. The van der Waals surface area contributed by atoms with E-state index in [4.69, 9.17) is 9.47 Å². The van der Waals surface area contributed by atoms with Gasteiger partial charge in [-0.25, -0.2) is 23.4 Å². The molecule has 0 saturated carbocycles. The van der Waals surface area contributed by atoms with Crippen molar-refractivity contribution in [2.45, 2.75) is 57.3 Å². The van der Waals surface area contributed by atoms with Gasteiger partial charge in [0.2, 0.25) is 15.9 Å². The predicted octanol–water partition coefficient (Wildman–Crippen LogP) is 3.53. The molecule has 1 aliphatic heterocycles. The van der Waals surface area contributed by atoms with E-state index in [0.29, 0.717) is 5.75 Å². The molecular formula is C28H34N4O7S. The van der Waals surface area contributed by atoms with E-state index in [1.54, 1.807) is 38.4 Å². The van der Waals surface area contributed by atoms with Crippen LogP contribution in [0.25, 0.3) is 10.9 Å². The van der Waals surface area contributed by atoms with Gasteiger partial charge in [-0.15, -0.1) is 0 Å². The number of hydroxylamine groups is 1. The molecule has 1 aliphatic rings. The quantitative estimate of drug-likeness (QED) is 0.289. The van der Waals surface area contributed by atoms with Gasteiger partial charge >= 0.3 is 6.09 Å². The van der Waals surface area contributed by atoms with Crippen LogP contribution in [0.5, 0.6) is 5.75 Å². The first-order chi connectivity index (χ1) is 18.9. The highest BCUT2D eigenvalue weighted by Crippen LogP contribution is 2.25. The van der Waals surface area contributed by atoms with Crippen LogP contribution in [0.3, 0.4) is 0 Å². The molecule has 2 aromatic carbocycles. The largest absolute Gasteiger partial charge is 0.489 e. The Kier molecular flexibility index (Phi) is 8.62.